The fourth-order valence-corrected chi connectivity index (χ4v) is 3.65. The maximum absolute atomic E-state index is 11.6. The Morgan fingerprint density at radius 1 is 1.37 bits per heavy atom. The third-order valence-corrected chi connectivity index (χ3v) is 5.16. The number of amides is 1. The number of nitrogens with one attached hydrogen (secondary N) is 1. The number of nitrogens with zero attached hydrogens (tertiary/aromatic N) is 2. The van der Waals surface area contributed by atoms with Crippen LogP contribution in [0, 0.1) is 13.8 Å². The van der Waals surface area contributed by atoms with Crippen molar-refractivity contribution in [2.24, 2.45) is 4.99 Å². The minimum atomic E-state index is -2.20. The van der Waals surface area contributed by atoms with Crippen LogP contribution in [0.2, 0.25) is 0 Å². The van der Waals surface area contributed by atoms with E-state index in [2.05, 4.69) is 15.3 Å². The molecule has 0 fully saturated rings. The zero-order valence-corrected chi connectivity index (χ0v) is 17.8. The van der Waals surface area contributed by atoms with E-state index >= 15 is 0 Å². The number of oxazole rings is 1. The van der Waals surface area contributed by atoms with Gasteiger partial charge in [-0.25, -0.2) is 4.98 Å². The zero-order valence-electron chi connectivity index (χ0n) is 16.2. The summed E-state index contributed by atoms with van der Waals surface area (Å²) in [5.41, 5.74) is 1.39. The molecule has 0 spiro atoms. The fraction of sp³-hybridized carbons (Fsp3) is 0.316. The summed E-state index contributed by atoms with van der Waals surface area (Å²) < 4.78 is 16.6. The molecule has 1 unspecified atom stereocenters. The molecule has 8 heteroatoms. The van der Waals surface area contributed by atoms with Crippen LogP contribution in [0.1, 0.15) is 24.1 Å². The van der Waals surface area contributed by atoms with Gasteiger partial charge in [0.25, 0.3) is 5.91 Å². The number of hydrogen-bond acceptors (Lipinski definition) is 6. The Morgan fingerprint density at radius 2 is 2.04 bits per heavy atom. The monoisotopic (exact) mass is 407 g/mol. The third kappa shape index (κ3) is 7.84. The largest absolute Gasteiger partial charge is 0.444 e. The maximum Gasteiger partial charge on any atom is 0.269 e. The predicted octanol–water partition coefficient (Wildman–Crippen LogP) is 2.98. The molecule has 1 amide bonds. The molecule has 27 heavy (non-hydrogen) atoms. The summed E-state index contributed by atoms with van der Waals surface area (Å²) in [5.74, 6) is 0.973. The van der Waals surface area contributed by atoms with Crippen molar-refractivity contribution in [3.8, 4) is 0 Å². The van der Waals surface area contributed by atoms with Crippen molar-refractivity contribution in [3.63, 3.8) is 0 Å². The lowest BCUT2D eigenvalue weighted by Gasteiger charge is -2.03. The van der Waals surface area contributed by atoms with Gasteiger partial charge in [-0.2, -0.15) is 0 Å². The van der Waals surface area contributed by atoms with Crippen LogP contribution in [-0.4, -0.2) is 34.1 Å². The Hall–Kier alpha value is -2.32. The molecule has 2 rings (SSSR count). The lowest BCUT2D eigenvalue weighted by molar-refractivity contribution is -0.115. The van der Waals surface area contributed by atoms with Gasteiger partial charge in [0.1, 0.15) is 11.5 Å². The number of allylic oxidation sites excluding steroid dienone is 1. The van der Waals surface area contributed by atoms with Gasteiger partial charge >= 0.3 is 0 Å². The number of rotatable bonds is 5. The van der Waals surface area contributed by atoms with Crippen molar-refractivity contribution >= 4 is 31.3 Å². The first kappa shape index (κ1) is 22.7. The first-order valence-electron chi connectivity index (χ1n) is 8.23. The van der Waals surface area contributed by atoms with Crippen LogP contribution in [0.4, 0.5) is 0 Å². The Kier molecular flexibility index (Phi) is 9.04. The standard InChI is InChI=1S/C11H15N3O2.C8H10OS2/c1-4-5-9(12-3)11(15)14-7-10-13-6-8(2)16-10;1-7-5-3-4-6-8(7)11(2,9)10/h4-6H,7H2,1-3H3,(H,14,15);3-6H,1-2H3/b5-4-,12-9?;. The minimum absolute atomic E-state index is 0.239. The van der Waals surface area contributed by atoms with Crippen molar-refractivity contribution in [1.82, 2.24) is 10.3 Å². The zero-order chi connectivity index (χ0) is 20.4. The van der Waals surface area contributed by atoms with Gasteiger partial charge in [0.15, 0.2) is 0 Å². The van der Waals surface area contributed by atoms with Crippen molar-refractivity contribution in [3.05, 3.63) is 59.8 Å². The van der Waals surface area contributed by atoms with E-state index in [9.17, 15) is 9.00 Å². The quantitative estimate of drug-likeness (QED) is 0.770. The van der Waals surface area contributed by atoms with Crippen LogP contribution in [0.15, 0.2) is 56.9 Å². The molecule has 0 aliphatic carbocycles. The van der Waals surface area contributed by atoms with E-state index in [-0.39, 0.29) is 12.5 Å². The normalized spacial score (nSPS) is 13.6. The number of aromatic nitrogens is 1. The highest BCUT2D eigenvalue weighted by atomic mass is 32.8. The lowest BCUT2D eigenvalue weighted by Crippen LogP contribution is -2.29. The second-order valence-corrected chi connectivity index (χ2v) is 9.59. The van der Waals surface area contributed by atoms with E-state index in [1.807, 2.05) is 38.1 Å². The number of aryl methyl sites for hydroxylation is 2. The fourth-order valence-electron chi connectivity index (χ4n) is 2.11. The second kappa shape index (κ2) is 10.7. The Labute approximate surface area is 165 Å². The summed E-state index contributed by atoms with van der Waals surface area (Å²) in [6.07, 6.45) is 6.61. The molecule has 1 atom stereocenters. The molecular formula is C19H25N3O3S2. The molecule has 1 N–H and O–H groups in total. The molecule has 2 aromatic rings. The summed E-state index contributed by atoms with van der Waals surface area (Å²) >= 11 is 4.87. The van der Waals surface area contributed by atoms with Gasteiger partial charge in [0.05, 0.1) is 21.2 Å². The van der Waals surface area contributed by atoms with Crippen LogP contribution in [0.25, 0.3) is 0 Å². The first-order valence-corrected chi connectivity index (χ1v) is 11.1. The number of aliphatic imine (C=N–C) groups is 1. The van der Waals surface area contributed by atoms with Gasteiger partial charge in [-0.3, -0.25) is 14.0 Å². The average molecular weight is 408 g/mol. The van der Waals surface area contributed by atoms with Crippen LogP contribution < -0.4 is 5.32 Å². The Balaban J connectivity index is 0.000000289. The molecule has 0 saturated heterocycles. The number of hydrogen-bond donors (Lipinski definition) is 1. The molecule has 6 nitrogen and oxygen atoms in total. The van der Waals surface area contributed by atoms with E-state index in [0.29, 0.717) is 11.6 Å². The molecule has 1 aromatic carbocycles. The second-order valence-electron chi connectivity index (χ2n) is 5.69. The Morgan fingerprint density at radius 3 is 2.48 bits per heavy atom. The van der Waals surface area contributed by atoms with E-state index in [1.165, 1.54) is 0 Å². The van der Waals surface area contributed by atoms with Crippen LogP contribution in [0.5, 0.6) is 0 Å². The lowest BCUT2D eigenvalue weighted by atomic mass is 10.2. The van der Waals surface area contributed by atoms with Crippen molar-refractivity contribution < 1.29 is 13.4 Å². The van der Waals surface area contributed by atoms with Gasteiger partial charge in [0.2, 0.25) is 5.89 Å². The highest BCUT2D eigenvalue weighted by Crippen LogP contribution is 2.13. The van der Waals surface area contributed by atoms with E-state index in [1.54, 1.807) is 38.6 Å². The molecular weight excluding hydrogens is 382 g/mol. The topological polar surface area (TPSA) is 84.6 Å². The highest BCUT2D eigenvalue weighted by molar-refractivity contribution is 8.32. The van der Waals surface area contributed by atoms with E-state index in [0.717, 1.165) is 16.2 Å². The summed E-state index contributed by atoms with van der Waals surface area (Å²) in [5, 5.41) is 2.67. The number of carbonyl (C=O) groups excluding carboxylic acids is 1. The van der Waals surface area contributed by atoms with Crippen molar-refractivity contribution in [2.75, 3.05) is 13.3 Å². The summed E-state index contributed by atoms with van der Waals surface area (Å²) in [6, 6.07) is 7.52. The van der Waals surface area contributed by atoms with E-state index < -0.39 is 8.49 Å². The first-order chi connectivity index (χ1) is 12.7. The molecule has 0 saturated carbocycles. The van der Waals surface area contributed by atoms with Crippen molar-refractivity contribution in [1.29, 1.82) is 0 Å². The van der Waals surface area contributed by atoms with Crippen LogP contribution >= 0.6 is 0 Å². The average Bonchev–Trinajstić information content (AvgIpc) is 3.03. The van der Waals surface area contributed by atoms with Gasteiger partial charge in [0, 0.05) is 18.2 Å². The highest BCUT2D eigenvalue weighted by Gasteiger charge is 2.08. The van der Waals surface area contributed by atoms with Crippen molar-refractivity contribution in [2.45, 2.75) is 32.2 Å². The summed E-state index contributed by atoms with van der Waals surface area (Å²) in [7, 11) is -0.627. The SMILES string of the molecule is C/C=C\C(=NC)C(=O)NCc1ncc(C)o1.Cc1ccccc1S(C)(=O)=S. The van der Waals surface area contributed by atoms with Crippen LogP contribution in [0.3, 0.4) is 0 Å². The van der Waals surface area contributed by atoms with Gasteiger partial charge in [-0.1, -0.05) is 24.3 Å². The summed E-state index contributed by atoms with van der Waals surface area (Å²) in [6.45, 7) is 5.82. The summed E-state index contributed by atoms with van der Waals surface area (Å²) in [4.78, 5) is 20.2. The molecule has 0 radical (unpaired) electrons. The van der Waals surface area contributed by atoms with Gasteiger partial charge in [-0.15, -0.1) is 0 Å². The smallest absolute Gasteiger partial charge is 0.269 e. The molecule has 0 bridgehead atoms. The molecule has 1 heterocycles. The molecule has 0 aliphatic rings. The Bertz CT molecular complexity index is 929. The van der Waals surface area contributed by atoms with Gasteiger partial charge < -0.3 is 9.73 Å². The number of carbonyl (C=O) groups is 1. The third-order valence-electron chi connectivity index (χ3n) is 3.36. The molecule has 146 valence electrons. The number of benzene rings is 1. The van der Waals surface area contributed by atoms with Gasteiger partial charge in [-0.05, 0) is 49.7 Å². The molecule has 1 aromatic heterocycles. The molecule has 0 aliphatic heterocycles. The van der Waals surface area contributed by atoms with E-state index in [4.69, 9.17) is 15.6 Å². The van der Waals surface area contributed by atoms with Crippen LogP contribution in [-0.2, 0) is 31.0 Å². The maximum atomic E-state index is 11.6. The minimum Gasteiger partial charge on any atom is -0.444 e. The predicted molar refractivity (Wildman–Crippen MR) is 112 cm³/mol.